The van der Waals surface area contributed by atoms with Gasteiger partial charge in [-0.1, -0.05) is 36.4 Å². The second kappa shape index (κ2) is 6.83. The molecule has 0 aromatic heterocycles. The minimum Gasteiger partial charge on any atom is -0.492 e. The average molecular weight is 396 g/mol. The minimum absolute atomic E-state index is 0.231. The van der Waals surface area contributed by atoms with Crippen LogP contribution in [0, 0.1) is 0 Å². The molecule has 0 unspecified atom stereocenters. The maximum absolute atomic E-state index is 13.2. The Morgan fingerprint density at radius 2 is 1.79 bits per heavy atom. The van der Waals surface area contributed by atoms with Gasteiger partial charge in [-0.05, 0) is 43.5 Å². The highest BCUT2D eigenvalue weighted by molar-refractivity contribution is 7.93. The first-order chi connectivity index (χ1) is 13.4. The molecule has 0 radical (unpaired) electrons. The summed E-state index contributed by atoms with van der Waals surface area (Å²) in [6.07, 6.45) is 0. The number of carbonyl (C=O) groups is 1. The number of sulfonamides is 1. The van der Waals surface area contributed by atoms with Crippen LogP contribution in [-0.4, -0.2) is 27.0 Å². The summed E-state index contributed by atoms with van der Waals surface area (Å²) in [5, 5.41) is 4.28. The number of anilines is 2. The van der Waals surface area contributed by atoms with Crippen molar-refractivity contribution >= 4 is 38.1 Å². The van der Waals surface area contributed by atoms with Crippen molar-refractivity contribution in [1.82, 2.24) is 0 Å². The van der Waals surface area contributed by atoms with E-state index < -0.39 is 22.0 Å². The summed E-state index contributed by atoms with van der Waals surface area (Å²) in [6, 6.07) is 16.7. The van der Waals surface area contributed by atoms with Gasteiger partial charge in [-0.2, -0.15) is 0 Å². The van der Waals surface area contributed by atoms with E-state index in [1.165, 1.54) is 4.31 Å². The molecule has 1 heterocycles. The number of benzene rings is 3. The average Bonchev–Trinajstić information content (AvgIpc) is 2.92. The summed E-state index contributed by atoms with van der Waals surface area (Å²) in [4.78, 5) is 13.2. The highest BCUT2D eigenvalue weighted by Crippen LogP contribution is 2.43. The first-order valence-electron chi connectivity index (χ1n) is 9.04. The van der Waals surface area contributed by atoms with Gasteiger partial charge in [0.2, 0.25) is 5.91 Å². The molecular formula is C21H20N2O4S. The van der Waals surface area contributed by atoms with Gasteiger partial charge in [-0.25, -0.2) is 8.42 Å². The number of rotatable bonds is 5. The minimum atomic E-state index is -3.81. The SMILES string of the molecule is CCOc1ccccc1NC(=O)[C@@H](C)N1c2cccc3cccc(c23)S1(=O)=O. The van der Waals surface area contributed by atoms with E-state index in [2.05, 4.69) is 5.32 Å². The maximum atomic E-state index is 13.2. The van der Waals surface area contributed by atoms with Crippen molar-refractivity contribution in [3.05, 3.63) is 60.7 Å². The third-order valence-electron chi connectivity index (χ3n) is 4.79. The Labute approximate surface area is 163 Å². The van der Waals surface area contributed by atoms with E-state index in [1.807, 2.05) is 25.1 Å². The van der Waals surface area contributed by atoms with Crippen LogP contribution < -0.4 is 14.4 Å². The van der Waals surface area contributed by atoms with E-state index in [9.17, 15) is 13.2 Å². The van der Waals surface area contributed by atoms with Crippen LogP contribution >= 0.6 is 0 Å². The van der Waals surface area contributed by atoms with Crippen LogP contribution in [0.25, 0.3) is 10.8 Å². The van der Waals surface area contributed by atoms with Crippen molar-refractivity contribution in [3.63, 3.8) is 0 Å². The Bertz CT molecular complexity index is 1170. The lowest BCUT2D eigenvalue weighted by molar-refractivity contribution is -0.116. The van der Waals surface area contributed by atoms with E-state index in [0.29, 0.717) is 29.1 Å². The number of carbonyl (C=O) groups excluding carboxylic acids is 1. The lowest BCUT2D eigenvalue weighted by Gasteiger charge is -2.25. The molecule has 1 N–H and O–H groups in total. The molecule has 1 aliphatic rings. The van der Waals surface area contributed by atoms with Crippen molar-refractivity contribution in [1.29, 1.82) is 0 Å². The number of hydrogen-bond acceptors (Lipinski definition) is 4. The van der Waals surface area contributed by atoms with Crippen LogP contribution in [0.1, 0.15) is 13.8 Å². The van der Waals surface area contributed by atoms with Crippen LogP contribution in [-0.2, 0) is 14.8 Å². The summed E-state index contributed by atoms with van der Waals surface area (Å²) in [5.74, 6) is 0.112. The molecule has 7 heteroatoms. The van der Waals surface area contributed by atoms with Crippen molar-refractivity contribution in [3.8, 4) is 5.75 Å². The Kier molecular flexibility index (Phi) is 4.47. The van der Waals surface area contributed by atoms with Gasteiger partial charge in [0.25, 0.3) is 10.0 Å². The predicted octanol–water partition coefficient (Wildman–Crippen LogP) is 3.77. The Balaban J connectivity index is 1.70. The van der Waals surface area contributed by atoms with Gasteiger partial charge in [0.1, 0.15) is 11.8 Å². The molecule has 0 fully saturated rings. The molecule has 1 amide bonds. The second-order valence-electron chi connectivity index (χ2n) is 6.53. The Morgan fingerprint density at radius 3 is 2.54 bits per heavy atom. The zero-order valence-electron chi connectivity index (χ0n) is 15.5. The van der Waals surface area contributed by atoms with Gasteiger partial charge in [0, 0.05) is 5.39 Å². The van der Waals surface area contributed by atoms with Crippen LogP contribution in [0.3, 0.4) is 0 Å². The molecule has 3 aromatic carbocycles. The quantitative estimate of drug-likeness (QED) is 0.712. The van der Waals surface area contributed by atoms with Crippen LogP contribution in [0.15, 0.2) is 65.6 Å². The van der Waals surface area contributed by atoms with Gasteiger partial charge < -0.3 is 10.1 Å². The zero-order valence-corrected chi connectivity index (χ0v) is 16.4. The molecule has 1 atom stereocenters. The molecule has 6 nitrogen and oxygen atoms in total. The van der Waals surface area contributed by atoms with Gasteiger partial charge in [-0.15, -0.1) is 0 Å². The largest absolute Gasteiger partial charge is 0.492 e. The first kappa shape index (κ1) is 18.3. The zero-order chi connectivity index (χ0) is 19.9. The molecule has 0 spiro atoms. The summed E-state index contributed by atoms with van der Waals surface area (Å²) in [7, 11) is -3.81. The molecular weight excluding hydrogens is 376 g/mol. The number of ether oxygens (including phenoxy) is 1. The third-order valence-corrected chi connectivity index (χ3v) is 6.72. The fourth-order valence-electron chi connectivity index (χ4n) is 3.53. The number of para-hydroxylation sites is 2. The second-order valence-corrected chi connectivity index (χ2v) is 8.31. The monoisotopic (exact) mass is 396 g/mol. The molecule has 0 bridgehead atoms. The van der Waals surface area contributed by atoms with E-state index in [4.69, 9.17) is 4.74 Å². The predicted molar refractivity (Wildman–Crippen MR) is 109 cm³/mol. The summed E-state index contributed by atoms with van der Waals surface area (Å²) >= 11 is 0. The van der Waals surface area contributed by atoms with Crippen molar-refractivity contribution in [2.45, 2.75) is 24.8 Å². The summed E-state index contributed by atoms with van der Waals surface area (Å²) in [6.45, 7) is 3.90. The molecule has 1 aliphatic heterocycles. The fourth-order valence-corrected chi connectivity index (χ4v) is 5.40. The maximum Gasteiger partial charge on any atom is 0.265 e. The highest BCUT2D eigenvalue weighted by atomic mass is 32.2. The lowest BCUT2D eigenvalue weighted by atomic mass is 10.1. The topological polar surface area (TPSA) is 75.7 Å². The summed E-state index contributed by atoms with van der Waals surface area (Å²) in [5.41, 5.74) is 1.03. The normalized spacial score (nSPS) is 15.4. The van der Waals surface area contributed by atoms with E-state index in [-0.39, 0.29) is 4.90 Å². The third kappa shape index (κ3) is 2.79. The number of hydrogen-bond donors (Lipinski definition) is 1. The van der Waals surface area contributed by atoms with Gasteiger partial charge in [0.05, 0.1) is 22.9 Å². The smallest absolute Gasteiger partial charge is 0.265 e. The first-order valence-corrected chi connectivity index (χ1v) is 10.5. The fraction of sp³-hybridized carbons (Fsp3) is 0.190. The van der Waals surface area contributed by atoms with Crippen molar-refractivity contribution < 1.29 is 17.9 Å². The number of nitrogens with one attached hydrogen (secondary N) is 1. The molecule has 3 aromatic rings. The lowest BCUT2D eigenvalue weighted by Crippen LogP contribution is -2.44. The van der Waals surface area contributed by atoms with Crippen molar-refractivity contribution in [2.24, 2.45) is 0 Å². The van der Waals surface area contributed by atoms with E-state index in [1.54, 1.807) is 49.4 Å². The van der Waals surface area contributed by atoms with Gasteiger partial charge in [0.15, 0.2) is 0 Å². The van der Waals surface area contributed by atoms with Crippen LogP contribution in [0.2, 0.25) is 0 Å². The van der Waals surface area contributed by atoms with Gasteiger partial charge >= 0.3 is 0 Å². The molecule has 4 rings (SSSR count). The standard InChI is InChI=1S/C21H20N2O4S/c1-3-27-18-12-5-4-10-16(18)22-21(24)14(2)23-17-11-6-8-15-9-7-13-19(20(15)17)28(23,25)26/h4-14H,3H2,1-2H3,(H,22,24)/t14-/m1/s1. The molecule has 28 heavy (non-hydrogen) atoms. The molecule has 0 aliphatic carbocycles. The van der Waals surface area contributed by atoms with Gasteiger partial charge in [-0.3, -0.25) is 9.10 Å². The molecule has 0 saturated heterocycles. The number of amides is 1. The van der Waals surface area contributed by atoms with E-state index in [0.717, 1.165) is 5.39 Å². The summed E-state index contributed by atoms with van der Waals surface area (Å²) < 4.78 is 33.0. The number of nitrogens with zero attached hydrogens (tertiary/aromatic N) is 1. The van der Waals surface area contributed by atoms with Crippen LogP contribution in [0.5, 0.6) is 5.75 Å². The van der Waals surface area contributed by atoms with E-state index >= 15 is 0 Å². The van der Waals surface area contributed by atoms with Crippen LogP contribution in [0.4, 0.5) is 11.4 Å². The molecule has 0 saturated carbocycles. The highest BCUT2D eigenvalue weighted by Gasteiger charge is 2.40. The van der Waals surface area contributed by atoms with Crippen molar-refractivity contribution in [2.75, 3.05) is 16.2 Å². The molecule has 144 valence electrons. The Morgan fingerprint density at radius 1 is 1.07 bits per heavy atom. The Hall–Kier alpha value is -3.06.